The molecule has 1 amide bonds. The van der Waals surface area contributed by atoms with Gasteiger partial charge in [0.2, 0.25) is 5.91 Å². The lowest BCUT2D eigenvalue weighted by atomic mass is 10.1. The molecule has 2 heterocycles. The highest BCUT2D eigenvalue weighted by atomic mass is 32.2. The highest BCUT2D eigenvalue weighted by Gasteiger charge is 2.11. The van der Waals surface area contributed by atoms with E-state index in [1.54, 1.807) is 18.0 Å². The number of carbonyl (C=O) groups is 1. The fourth-order valence-electron chi connectivity index (χ4n) is 3.14. The normalized spacial score (nSPS) is 11.0. The molecular formula is C23H22N2O2S. The number of furan rings is 1. The first-order chi connectivity index (χ1) is 13.7. The number of thioether (sulfide) groups is 1. The van der Waals surface area contributed by atoms with Gasteiger partial charge in [0.1, 0.15) is 5.76 Å². The van der Waals surface area contributed by atoms with E-state index in [2.05, 4.69) is 65.5 Å². The predicted octanol–water partition coefficient (Wildman–Crippen LogP) is 5.00. The van der Waals surface area contributed by atoms with Crippen molar-refractivity contribution in [1.82, 2.24) is 9.88 Å². The van der Waals surface area contributed by atoms with Crippen molar-refractivity contribution in [3.63, 3.8) is 0 Å². The van der Waals surface area contributed by atoms with Crippen molar-refractivity contribution in [2.24, 2.45) is 0 Å². The number of amides is 1. The van der Waals surface area contributed by atoms with Crippen LogP contribution in [0.2, 0.25) is 0 Å². The van der Waals surface area contributed by atoms with E-state index in [0.29, 0.717) is 12.3 Å². The second-order valence-corrected chi connectivity index (χ2v) is 7.79. The van der Waals surface area contributed by atoms with Gasteiger partial charge in [0.05, 0.1) is 18.6 Å². The van der Waals surface area contributed by atoms with Crippen LogP contribution in [0.1, 0.15) is 16.9 Å². The van der Waals surface area contributed by atoms with Gasteiger partial charge >= 0.3 is 0 Å². The minimum Gasteiger partial charge on any atom is -0.467 e. The van der Waals surface area contributed by atoms with Gasteiger partial charge in [-0.05, 0) is 30.7 Å². The van der Waals surface area contributed by atoms with E-state index in [0.717, 1.165) is 17.2 Å². The van der Waals surface area contributed by atoms with Crippen molar-refractivity contribution < 1.29 is 9.21 Å². The molecule has 0 saturated heterocycles. The van der Waals surface area contributed by atoms with Crippen LogP contribution < -0.4 is 5.32 Å². The number of aromatic nitrogens is 1. The fraction of sp³-hybridized carbons (Fsp3) is 0.174. The number of hydrogen-bond acceptors (Lipinski definition) is 3. The zero-order valence-corrected chi connectivity index (χ0v) is 16.5. The molecule has 2 aromatic carbocycles. The number of nitrogens with zero attached hydrogens (tertiary/aromatic N) is 1. The lowest BCUT2D eigenvalue weighted by molar-refractivity contribution is -0.118. The minimum atomic E-state index is -0.00299. The van der Waals surface area contributed by atoms with E-state index in [1.165, 1.54) is 22.0 Å². The summed E-state index contributed by atoms with van der Waals surface area (Å²) in [6.07, 6.45) is 3.76. The summed E-state index contributed by atoms with van der Waals surface area (Å²) in [6.45, 7) is 3.33. The number of hydrogen-bond donors (Lipinski definition) is 1. The number of para-hydroxylation sites is 1. The zero-order chi connectivity index (χ0) is 19.3. The third-order valence-corrected chi connectivity index (χ3v) is 5.67. The van der Waals surface area contributed by atoms with Gasteiger partial charge in [-0.3, -0.25) is 4.79 Å². The first kappa shape index (κ1) is 18.4. The average Bonchev–Trinajstić information content (AvgIpc) is 3.35. The maximum atomic E-state index is 12.2. The number of benzene rings is 2. The van der Waals surface area contributed by atoms with Crippen molar-refractivity contribution in [1.29, 1.82) is 0 Å². The minimum absolute atomic E-state index is 0.00299. The summed E-state index contributed by atoms with van der Waals surface area (Å²) in [5, 5.41) is 4.07. The Morgan fingerprint density at radius 3 is 2.68 bits per heavy atom. The molecule has 0 aliphatic carbocycles. The Kier molecular flexibility index (Phi) is 5.53. The lowest BCUT2D eigenvalue weighted by Crippen LogP contribution is -2.24. The molecule has 4 rings (SSSR count). The molecule has 0 saturated carbocycles. The van der Waals surface area contributed by atoms with Crippen LogP contribution in [0.4, 0.5) is 0 Å². The molecule has 0 radical (unpaired) electrons. The van der Waals surface area contributed by atoms with Crippen molar-refractivity contribution in [2.45, 2.75) is 24.9 Å². The van der Waals surface area contributed by atoms with Gasteiger partial charge in [-0.1, -0.05) is 48.0 Å². The highest BCUT2D eigenvalue weighted by Crippen LogP contribution is 2.30. The van der Waals surface area contributed by atoms with Crippen LogP contribution in [0.3, 0.4) is 0 Å². The molecule has 0 spiro atoms. The van der Waals surface area contributed by atoms with Crippen LogP contribution in [0.25, 0.3) is 10.9 Å². The summed E-state index contributed by atoms with van der Waals surface area (Å²) in [6, 6.07) is 20.6. The summed E-state index contributed by atoms with van der Waals surface area (Å²) in [7, 11) is 0. The van der Waals surface area contributed by atoms with E-state index in [1.807, 2.05) is 18.2 Å². The van der Waals surface area contributed by atoms with Crippen LogP contribution in [-0.4, -0.2) is 16.2 Å². The van der Waals surface area contributed by atoms with Gasteiger partial charge in [-0.15, -0.1) is 11.8 Å². The van der Waals surface area contributed by atoms with Gasteiger partial charge in [0, 0.05) is 28.5 Å². The summed E-state index contributed by atoms with van der Waals surface area (Å²) < 4.78 is 7.50. The molecule has 1 N–H and O–H groups in total. The molecule has 2 aromatic heterocycles. The topological polar surface area (TPSA) is 47.2 Å². The fourth-order valence-corrected chi connectivity index (χ4v) is 4.06. The molecule has 0 fully saturated rings. The van der Waals surface area contributed by atoms with Gasteiger partial charge in [0.25, 0.3) is 0 Å². The quantitative estimate of drug-likeness (QED) is 0.452. The number of nitrogens with one attached hydrogen (secondary N) is 1. The molecule has 28 heavy (non-hydrogen) atoms. The zero-order valence-electron chi connectivity index (χ0n) is 15.7. The number of aryl methyl sites for hydroxylation is 1. The second-order valence-electron chi connectivity index (χ2n) is 6.77. The second kappa shape index (κ2) is 8.40. The molecule has 0 atom stereocenters. The predicted molar refractivity (Wildman–Crippen MR) is 113 cm³/mol. The molecule has 0 bridgehead atoms. The lowest BCUT2D eigenvalue weighted by Gasteiger charge is -2.06. The van der Waals surface area contributed by atoms with Crippen LogP contribution in [0.5, 0.6) is 0 Å². The average molecular weight is 391 g/mol. The molecular weight excluding hydrogens is 368 g/mol. The monoisotopic (exact) mass is 390 g/mol. The Labute approximate surface area is 168 Å². The Bertz CT molecular complexity index is 1070. The molecule has 4 aromatic rings. The number of rotatable bonds is 7. The Hall–Kier alpha value is -2.92. The Morgan fingerprint density at radius 1 is 1.07 bits per heavy atom. The van der Waals surface area contributed by atoms with Crippen LogP contribution in [0.15, 0.2) is 82.4 Å². The maximum absolute atomic E-state index is 12.2. The molecule has 5 heteroatoms. The third kappa shape index (κ3) is 4.31. The van der Waals surface area contributed by atoms with Crippen LogP contribution in [-0.2, 0) is 17.9 Å². The van der Waals surface area contributed by atoms with Gasteiger partial charge in [-0.25, -0.2) is 0 Å². The van der Waals surface area contributed by atoms with E-state index in [4.69, 9.17) is 4.42 Å². The van der Waals surface area contributed by atoms with E-state index < -0.39 is 0 Å². The summed E-state index contributed by atoms with van der Waals surface area (Å²) in [5.74, 6) is 1.13. The molecule has 4 nitrogen and oxygen atoms in total. The van der Waals surface area contributed by atoms with E-state index >= 15 is 0 Å². The van der Waals surface area contributed by atoms with Crippen LogP contribution in [0, 0.1) is 6.92 Å². The first-order valence-electron chi connectivity index (χ1n) is 9.24. The smallest absolute Gasteiger partial charge is 0.230 e. The van der Waals surface area contributed by atoms with E-state index in [9.17, 15) is 4.79 Å². The summed E-state index contributed by atoms with van der Waals surface area (Å²) in [4.78, 5) is 13.3. The maximum Gasteiger partial charge on any atom is 0.230 e. The SMILES string of the molecule is Cc1ccc(Cn2cc(SCC(=O)NCc3ccco3)c3ccccc32)cc1. The summed E-state index contributed by atoms with van der Waals surface area (Å²) >= 11 is 1.57. The number of carbonyl (C=O) groups excluding carboxylic acids is 1. The Balaban J connectivity index is 1.46. The van der Waals surface area contributed by atoms with Crippen molar-refractivity contribution in [3.8, 4) is 0 Å². The third-order valence-electron chi connectivity index (χ3n) is 4.62. The molecule has 0 aliphatic rings. The highest BCUT2D eigenvalue weighted by molar-refractivity contribution is 8.00. The van der Waals surface area contributed by atoms with Crippen molar-refractivity contribution in [2.75, 3.05) is 5.75 Å². The van der Waals surface area contributed by atoms with E-state index in [-0.39, 0.29) is 5.91 Å². The first-order valence-corrected chi connectivity index (χ1v) is 10.2. The van der Waals surface area contributed by atoms with Crippen LogP contribution >= 0.6 is 11.8 Å². The number of fused-ring (bicyclic) bond motifs is 1. The largest absolute Gasteiger partial charge is 0.467 e. The van der Waals surface area contributed by atoms with Gasteiger partial charge in [-0.2, -0.15) is 0 Å². The standard InChI is InChI=1S/C23H22N2O2S/c1-17-8-10-18(11-9-17)14-25-15-22(20-6-2-3-7-21(20)25)28-16-23(26)24-13-19-5-4-12-27-19/h2-12,15H,13-14,16H2,1H3,(H,24,26). The molecule has 0 aliphatic heterocycles. The van der Waals surface area contributed by atoms with Crippen molar-refractivity contribution >= 4 is 28.6 Å². The molecule has 142 valence electrons. The molecule has 0 unspecified atom stereocenters. The van der Waals surface area contributed by atoms with Crippen molar-refractivity contribution in [3.05, 3.63) is 90.0 Å². The Morgan fingerprint density at radius 2 is 1.89 bits per heavy atom. The van der Waals surface area contributed by atoms with Gasteiger partial charge < -0.3 is 14.3 Å². The van der Waals surface area contributed by atoms with Gasteiger partial charge in [0.15, 0.2) is 0 Å². The summed E-state index contributed by atoms with van der Waals surface area (Å²) in [5.41, 5.74) is 3.71.